The van der Waals surface area contributed by atoms with Crippen molar-refractivity contribution in [3.05, 3.63) is 21.8 Å². The Balaban J connectivity index is 2.30. The Kier molecular flexibility index (Phi) is 3.44. The van der Waals surface area contributed by atoms with Gasteiger partial charge < -0.3 is 10.1 Å². The Morgan fingerprint density at radius 2 is 2.41 bits per heavy atom. The fraction of sp³-hybridized carbons (Fsp3) is 0.364. The predicted molar refractivity (Wildman–Crippen MR) is 69.5 cm³/mol. The normalized spacial score (nSPS) is 23.2. The van der Waals surface area contributed by atoms with Crippen molar-refractivity contribution in [3.8, 4) is 0 Å². The second-order valence-electron chi connectivity index (χ2n) is 3.65. The van der Waals surface area contributed by atoms with Gasteiger partial charge in [-0.1, -0.05) is 18.3 Å². The van der Waals surface area contributed by atoms with E-state index in [1.165, 1.54) is 0 Å². The Bertz CT molecular complexity index is 481. The fourth-order valence-corrected chi connectivity index (χ4v) is 2.63. The lowest BCUT2D eigenvalue weighted by Crippen LogP contribution is -2.44. The van der Waals surface area contributed by atoms with Crippen molar-refractivity contribution in [2.45, 2.75) is 13.3 Å². The zero-order valence-electron chi connectivity index (χ0n) is 9.08. The maximum atomic E-state index is 12.1. The van der Waals surface area contributed by atoms with Gasteiger partial charge in [0.2, 0.25) is 0 Å². The highest BCUT2D eigenvalue weighted by Gasteiger charge is 2.41. The molecule has 1 aliphatic carbocycles. The lowest BCUT2D eigenvalue weighted by Gasteiger charge is -2.24. The Morgan fingerprint density at radius 1 is 1.71 bits per heavy atom. The van der Waals surface area contributed by atoms with Crippen molar-refractivity contribution in [3.63, 3.8) is 0 Å². The Hall–Kier alpha value is -1.01. The molecular formula is C11H10BrNO3S. The number of halogens is 1. The number of esters is 1. The first-order chi connectivity index (χ1) is 8.06. The smallest absolute Gasteiger partial charge is 0.323 e. The van der Waals surface area contributed by atoms with E-state index >= 15 is 0 Å². The fourth-order valence-electron chi connectivity index (χ4n) is 1.83. The second kappa shape index (κ2) is 4.70. The maximum Gasteiger partial charge on any atom is 0.323 e. The third-order valence-corrected chi connectivity index (χ3v) is 3.68. The van der Waals surface area contributed by atoms with Gasteiger partial charge in [-0.05, 0) is 29.3 Å². The van der Waals surface area contributed by atoms with Crippen LogP contribution in [0.25, 0.3) is 0 Å². The first kappa shape index (κ1) is 12.4. The van der Waals surface area contributed by atoms with Crippen LogP contribution >= 0.6 is 28.1 Å². The van der Waals surface area contributed by atoms with E-state index in [2.05, 4.69) is 21.2 Å². The van der Waals surface area contributed by atoms with E-state index in [0.29, 0.717) is 17.7 Å². The molecule has 1 unspecified atom stereocenters. The summed E-state index contributed by atoms with van der Waals surface area (Å²) >= 11 is 8.39. The SMILES string of the molecule is CCOC(=O)C1C(=O)C2=C(NC1=S)C(Br)=CC2. The van der Waals surface area contributed by atoms with Gasteiger partial charge in [-0.25, -0.2) is 0 Å². The minimum atomic E-state index is -0.990. The van der Waals surface area contributed by atoms with E-state index in [-0.39, 0.29) is 17.4 Å². The topological polar surface area (TPSA) is 55.4 Å². The van der Waals surface area contributed by atoms with Gasteiger partial charge in [-0.15, -0.1) is 0 Å². The molecule has 0 fully saturated rings. The molecule has 2 rings (SSSR count). The van der Waals surface area contributed by atoms with Crippen molar-refractivity contribution < 1.29 is 14.3 Å². The minimum Gasteiger partial charge on any atom is -0.465 e. The average molecular weight is 316 g/mol. The molecular weight excluding hydrogens is 306 g/mol. The molecule has 0 radical (unpaired) electrons. The molecule has 1 N–H and O–H groups in total. The number of Topliss-reactive ketones (excluding diaryl/α,β-unsaturated/α-hetero) is 1. The van der Waals surface area contributed by atoms with E-state index in [9.17, 15) is 9.59 Å². The van der Waals surface area contributed by atoms with Crippen LogP contribution in [0.3, 0.4) is 0 Å². The van der Waals surface area contributed by atoms with Crippen molar-refractivity contribution in [2.24, 2.45) is 5.92 Å². The van der Waals surface area contributed by atoms with E-state index in [4.69, 9.17) is 17.0 Å². The van der Waals surface area contributed by atoms with Crippen LogP contribution in [0.2, 0.25) is 0 Å². The molecule has 0 aromatic carbocycles. The van der Waals surface area contributed by atoms with Gasteiger partial charge in [0.05, 0.1) is 12.3 Å². The van der Waals surface area contributed by atoms with E-state index < -0.39 is 11.9 Å². The predicted octanol–water partition coefficient (Wildman–Crippen LogP) is 1.60. The molecule has 4 nitrogen and oxygen atoms in total. The standard InChI is InChI=1S/C11H10BrNO3S/c1-2-16-11(15)7-9(14)5-3-4-6(12)8(5)13-10(7)17/h4,7H,2-3H2,1H3,(H,13,17). The van der Waals surface area contributed by atoms with Crippen molar-refractivity contribution in [2.75, 3.05) is 6.61 Å². The summed E-state index contributed by atoms with van der Waals surface area (Å²) in [5.74, 6) is -1.83. The Labute approximate surface area is 112 Å². The number of carbonyl (C=O) groups excluding carboxylic acids is 2. The monoisotopic (exact) mass is 315 g/mol. The summed E-state index contributed by atoms with van der Waals surface area (Å²) in [4.78, 5) is 24.0. The largest absolute Gasteiger partial charge is 0.465 e. The van der Waals surface area contributed by atoms with Crippen LogP contribution in [-0.4, -0.2) is 23.3 Å². The molecule has 6 heteroatoms. The molecule has 0 spiro atoms. The summed E-state index contributed by atoms with van der Waals surface area (Å²) in [6, 6.07) is 0. The first-order valence-electron chi connectivity index (χ1n) is 5.17. The highest BCUT2D eigenvalue weighted by molar-refractivity contribution is 9.12. The summed E-state index contributed by atoms with van der Waals surface area (Å²) < 4.78 is 5.67. The quantitative estimate of drug-likeness (QED) is 0.476. The van der Waals surface area contributed by atoms with Crippen LogP contribution in [0.5, 0.6) is 0 Å². The zero-order chi connectivity index (χ0) is 12.6. The van der Waals surface area contributed by atoms with Crippen LogP contribution in [0.1, 0.15) is 13.3 Å². The molecule has 0 aromatic rings. The van der Waals surface area contributed by atoms with Crippen LogP contribution in [-0.2, 0) is 14.3 Å². The number of ketones is 1. The van der Waals surface area contributed by atoms with E-state index in [1.54, 1.807) is 6.92 Å². The van der Waals surface area contributed by atoms with Gasteiger partial charge in [0.25, 0.3) is 0 Å². The molecule has 0 aromatic heterocycles. The molecule has 1 aliphatic heterocycles. The Morgan fingerprint density at radius 3 is 3.06 bits per heavy atom. The zero-order valence-corrected chi connectivity index (χ0v) is 11.5. The molecule has 17 heavy (non-hydrogen) atoms. The lowest BCUT2D eigenvalue weighted by atomic mass is 9.92. The number of allylic oxidation sites excluding steroid dienone is 3. The number of thiocarbonyl (C=S) groups is 1. The van der Waals surface area contributed by atoms with E-state index in [0.717, 1.165) is 4.48 Å². The molecule has 2 aliphatic rings. The molecule has 1 atom stereocenters. The van der Waals surface area contributed by atoms with Crippen LogP contribution in [0.15, 0.2) is 21.8 Å². The third kappa shape index (κ3) is 2.07. The number of hydrogen-bond acceptors (Lipinski definition) is 4. The van der Waals surface area contributed by atoms with Crippen molar-refractivity contribution in [1.82, 2.24) is 5.32 Å². The summed E-state index contributed by atoms with van der Waals surface area (Å²) in [6.07, 6.45) is 2.38. The van der Waals surface area contributed by atoms with Gasteiger partial charge in [-0.2, -0.15) is 0 Å². The van der Waals surface area contributed by atoms with Gasteiger partial charge in [0, 0.05) is 10.1 Å². The second-order valence-corrected chi connectivity index (χ2v) is 4.94. The summed E-state index contributed by atoms with van der Waals surface area (Å²) in [7, 11) is 0. The summed E-state index contributed by atoms with van der Waals surface area (Å²) in [5, 5.41) is 2.92. The molecule has 90 valence electrons. The molecule has 0 amide bonds. The van der Waals surface area contributed by atoms with Gasteiger partial charge in [0.15, 0.2) is 11.7 Å². The number of nitrogens with one attached hydrogen (secondary N) is 1. The van der Waals surface area contributed by atoms with Crippen LogP contribution in [0.4, 0.5) is 0 Å². The maximum absolute atomic E-state index is 12.1. The number of carbonyl (C=O) groups is 2. The molecule has 1 heterocycles. The summed E-state index contributed by atoms with van der Waals surface area (Å²) in [5.41, 5.74) is 1.27. The highest BCUT2D eigenvalue weighted by Crippen LogP contribution is 2.34. The molecule has 0 saturated heterocycles. The van der Waals surface area contributed by atoms with Crippen LogP contribution in [0, 0.1) is 5.92 Å². The summed E-state index contributed by atoms with van der Waals surface area (Å²) in [6.45, 7) is 1.93. The third-order valence-electron chi connectivity index (χ3n) is 2.62. The molecule has 0 bridgehead atoms. The molecule has 0 saturated carbocycles. The van der Waals surface area contributed by atoms with Gasteiger partial charge in [0.1, 0.15) is 4.99 Å². The number of rotatable bonds is 2. The lowest BCUT2D eigenvalue weighted by molar-refractivity contribution is -0.148. The first-order valence-corrected chi connectivity index (χ1v) is 6.37. The highest BCUT2D eigenvalue weighted by atomic mass is 79.9. The van der Waals surface area contributed by atoms with Gasteiger partial charge >= 0.3 is 5.97 Å². The van der Waals surface area contributed by atoms with Crippen molar-refractivity contribution in [1.29, 1.82) is 0 Å². The van der Waals surface area contributed by atoms with Crippen LogP contribution < -0.4 is 5.32 Å². The number of ether oxygens (including phenoxy) is 1. The number of hydrogen-bond donors (Lipinski definition) is 1. The van der Waals surface area contributed by atoms with E-state index in [1.807, 2.05) is 6.08 Å². The average Bonchev–Trinajstić information content (AvgIpc) is 2.61. The van der Waals surface area contributed by atoms with Gasteiger partial charge in [-0.3, -0.25) is 9.59 Å². The van der Waals surface area contributed by atoms with Crippen molar-refractivity contribution >= 4 is 44.9 Å². The minimum absolute atomic E-state index is 0.208.